The molecule has 1 aromatic rings. The highest BCUT2D eigenvalue weighted by Crippen LogP contribution is 2.25. The minimum absolute atomic E-state index is 0.495. The van der Waals surface area contributed by atoms with Crippen molar-refractivity contribution < 1.29 is 9.84 Å². The number of nitrogens with one attached hydrogen (secondary N) is 1. The van der Waals surface area contributed by atoms with Crippen LogP contribution in [0.15, 0.2) is 0 Å². The Balaban J connectivity index is 2.49. The molecular weight excluding hydrogens is 266 g/mol. The van der Waals surface area contributed by atoms with Crippen molar-refractivity contribution in [3.8, 4) is 0 Å². The second-order valence-corrected chi connectivity index (χ2v) is 5.51. The highest BCUT2D eigenvalue weighted by molar-refractivity contribution is 6.31. The number of aromatic nitrogens is 2. The highest BCUT2D eigenvalue weighted by atomic mass is 35.5. The van der Waals surface area contributed by atoms with E-state index in [9.17, 15) is 5.11 Å². The molecule has 110 valence electrons. The van der Waals surface area contributed by atoms with Gasteiger partial charge in [-0.15, -0.1) is 0 Å². The minimum atomic E-state index is -0.802. The van der Waals surface area contributed by atoms with Crippen LogP contribution in [0.2, 0.25) is 5.02 Å². The quantitative estimate of drug-likeness (QED) is 0.708. The second kappa shape index (κ2) is 7.24. The Hall–Kier alpha value is -0.620. The molecule has 0 aliphatic rings. The number of methoxy groups -OCH3 is 1. The van der Waals surface area contributed by atoms with E-state index in [0.29, 0.717) is 24.5 Å². The zero-order valence-corrected chi connectivity index (χ0v) is 12.9. The lowest BCUT2D eigenvalue weighted by atomic mass is 9.96. The Kier molecular flexibility index (Phi) is 6.26. The van der Waals surface area contributed by atoms with E-state index in [1.165, 1.54) is 0 Å². The van der Waals surface area contributed by atoms with E-state index in [2.05, 4.69) is 10.4 Å². The first kappa shape index (κ1) is 16.4. The van der Waals surface area contributed by atoms with Gasteiger partial charge in [0.15, 0.2) is 0 Å². The van der Waals surface area contributed by atoms with Crippen molar-refractivity contribution in [2.24, 2.45) is 7.05 Å². The van der Waals surface area contributed by atoms with Gasteiger partial charge in [-0.2, -0.15) is 5.10 Å². The van der Waals surface area contributed by atoms with E-state index in [1.807, 2.05) is 20.9 Å². The lowest BCUT2D eigenvalue weighted by Gasteiger charge is -2.23. The number of rotatable bonds is 8. The monoisotopic (exact) mass is 289 g/mol. The van der Waals surface area contributed by atoms with Crippen LogP contribution in [-0.4, -0.2) is 47.3 Å². The van der Waals surface area contributed by atoms with E-state index < -0.39 is 5.60 Å². The summed E-state index contributed by atoms with van der Waals surface area (Å²) in [6, 6.07) is 0. The third-order valence-corrected chi connectivity index (χ3v) is 3.62. The van der Waals surface area contributed by atoms with Gasteiger partial charge in [0.2, 0.25) is 0 Å². The molecule has 1 unspecified atom stereocenters. The van der Waals surface area contributed by atoms with Crippen molar-refractivity contribution in [2.75, 3.05) is 26.8 Å². The molecule has 6 heteroatoms. The van der Waals surface area contributed by atoms with Gasteiger partial charge in [0, 0.05) is 27.1 Å². The fourth-order valence-corrected chi connectivity index (χ4v) is 2.21. The summed E-state index contributed by atoms with van der Waals surface area (Å²) in [4.78, 5) is 0. The Morgan fingerprint density at radius 2 is 2.16 bits per heavy atom. The van der Waals surface area contributed by atoms with Crippen LogP contribution >= 0.6 is 11.6 Å². The van der Waals surface area contributed by atoms with Crippen LogP contribution in [0, 0.1) is 6.92 Å². The molecule has 0 saturated heterocycles. The van der Waals surface area contributed by atoms with Gasteiger partial charge in [0.25, 0.3) is 0 Å². The molecule has 0 aliphatic carbocycles. The van der Waals surface area contributed by atoms with Crippen LogP contribution < -0.4 is 5.32 Å². The molecular formula is C13H24ClN3O2. The predicted octanol–water partition coefficient (Wildman–Crippen LogP) is 1.30. The maximum atomic E-state index is 10.4. The van der Waals surface area contributed by atoms with E-state index in [0.717, 1.165) is 24.5 Å². The normalized spacial score (nSPS) is 14.6. The Bertz CT molecular complexity index is 405. The topological polar surface area (TPSA) is 59.3 Å². The average Bonchev–Trinajstić information content (AvgIpc) is 2.55. The zero-order valence-electron chi connectivity index (χ0n) is 12.2. The van der Waals surface area contributed by atoms with Crippen LogP contribution in [-0.2, 0) is 18.2 Å². The molecule has 0 aliphatic heterocycles. The smallest absolute Gasteiger partial charge is 0.0848 e. The van der Waals surface area contributed by atoms with Crippen LogP contribution in [0.4, 0.5) is 0 Å². The molecule has 0 spiro atoms. The summed E-state index contributed by atoms with van der Waals surface area (Å²) in [6.45, 7) is 5.90. The second-order valence-electron chi connectivity index (χ2n) is 5.14. The number of ether oxygens (including phenoxy) is 1. The van der Waals surface area contributed by atoms with Crippen LogP contribution in [0.1, 0.15) is 24.7 Å². The lowest BCUT2D eigenvalue weighted by molar-refractivity contribution is 0.0492. The molecule has 0 saturated carbocycles. The molecule has 1 aromatic heterocycles. The van der Waals surface area contributed by atoms with Gasteiger partial charge in [0.1, 0.15) is 0 Å². The fraction of sp³-hybridized carbons (Fsp3) is 0.769. The number of nitrogens with zero attached hydrogens (tertiary/aromatic N) is 2. The molecule has 2 N–H and O–H groups in total. The maximum Gasteiger partial charge on any atom is 0.0848 e. The molecule has 5 nitrogen and oxygen atoms in total. The van der Waals surface area contributed by atoms with Crippen molar-refractivity contribution in [2.45, 2.75) is 32.3 Å². The van der Waals surface area contributed by atoms with Crippen molar-refractivity contribution >= 4 is 11.6 Å². The standard InChI is InChI=1S/C13H24ClN3O2/c1-10-12(14)11(17(3)16-10)9-13(2,18)5-6-15-7-8-19-4/h15,18H,5-9H2,1-4H3. The van der Waals surface area contributed by atoms with Gasteiger partial charge in [0.05, 0.1) is 28.6 Å². The molecule has 0 amide bonds. The molecule has 1 heterocycles. The summed E-state index contributed by atoms with van der Waals surface area (Å²) >= 11 is 6.20. The summed E-state index contributed by atoms with van der Waals surface area (Å²) in [5, 5.41) is 18.5. The summed E-state index contributed by atoms with van der Waals surface area (Å²) in [5.74, 6) is 0. The molecule has 0 bridgehead atoms. The highest BCUT2D eigenvalue weighted by Gasteiger charge is 2.24. The minimum Gasteiger partial charge on any atom is -0.390 e. The van der Waals surface area contributed by atoms with E-state index >= 15 is 0 Å². The largest absolute Gasteiger partial charge is 0.390 e. The first-order valence-electron chi connectivity index (χ1n) is 6.47. The Morgan fingerprint density at radius 1 is 1.47 bits per heavy atom. The van der Waals surface area contributed by atoms with Gasteiger partial charge < -0.3 is 15.2 Å². The summed E-state index contributed by atoms with van der Waals surface area (Å²) in [5.41, 5.74) is 0.874. The Morgan fingerprint density at radius 3 is 2.68 bits per heavy atom. The van der Waals surface area contributed by atoms with Crippen LogP contribution in [0.5, 0.6) is 0 Å². The average molecular weight is 290 g/mol. The predicted molar refractivity (Wildman–Crippen MR) is 76.6 cm³/mol. The third-order valence-electron chi connectivity index (χ3n) is 3.13. The van der Waals surface area contributed by atoms with Gasteiger partial charge in [-0.3, -0.25) is 4.68 Å². The summed E-state index contributed by atoms with van der Waals surface area (Å²) in [6.07, 6.45) is 1.15. The van der Waals surface area contributed by atoms with Gasteiger partial charge in [-0.05, 0) is 26.8 Å². The van der Waals surface area contributed by atoms with Crippen molar-refractivity contribution in [1.29, 1.82) is 0 Å². The van der Waals surface area contributed by atoms with E-state index in [-0.39, 0.29) is 0 Å². The number of aryl methyl sites for hydroxylation is 2. The molecule has 0 aromatic carbocycles. The van der Waals surface area contributed by atoms with Crippen molar-refractivity contribution in [1.82, 2.24) is 15.1 Å². The molecule has 19 heavy (non-hydrogen) atoms. The number of halogens is 1. The first-order valence-corrected chi connectivity index (χ1v) is 6.85. The van der Waals surface area contributed by atoms with Gasteiger partial charge in [-0.1, -0.05) is 11.6 Å². The number of hydrogen-bond acceptors (Lipinski definition) is 4. The summed E-state index contributed by atoms with van der Waals surface area (Å²) < 4.78 is 6.69. The molecule has 0 radical (unpaired) electrons. The summed E-state index contributed by atoms with van der Waals surface area (Å²) in [7, 11) is 3.52. The molecule has 0 fully saturated rings. The number of aliphatic hydroxyl groups is 1. The van der Waals surface area contributed by atoms with Crippen molar-refractivity contribution in [3.05, 3.63) is 16.4 Å². The van der Waals surface area contributed by atoms with Crippen LogP contribution in [0.25, 0.3) is 0 Å². The fourth-order valence-electron chi connectivity index (χ4n) is 1.98. The van der Waals surface area contributed by atoms with E-state index in [4.69, 9.17) is 16.3 Å². The molecule has 1 rings (SSSR count). The SMILES string of the molecule is COCCNCCC(C)(O)Cc1c(Cl)c(C)nn1C. The van der Waals surface area contributed by atoms with Gasteiger partial charge >= 0.3 is 0 Å². The number of hydrogen-bond donors (Lipinski definition) is 2. The third kappa shape index (κ3) is 5.10. The first-order chi connectivity index (χ1) is 8.87. The lowest BCUT2D eigenvalue weighted by Crippen LogP contribution is -2.33. The van der Waals surface area contributed by atoms with Crippen LogP contribution in [0.3, 0.4) is 0 Å². The van der Waals surface area contributed by atoms with Gasteiger partial charge in [-0.25, -0.2) is 0 Å². The van der Waals surface area contributed by atoms with E-state index in [1.54, 1.807) is 11.8 Å². The molecule has 1 atom stereocenters. The maximum absolute atomic E-state index is 10.4. The Labute approximate surface area is 119 Å². The van der Waals surface area contributed by atoms with Crippen molar-refractivity contribution in [3.63, 3.8) is 0 Å². The zero-order chi connectivity index (χ0) is 14.5.